The van der Waals surface area contributed by atoms with Crippen molar-refractivity contribution in [2.75, 3.05) is 13.1 Å². The van der Waals surface area contributed by atoms with E-state index in [0.717, 1.165) is 0 Å². The molecule has 2 aliphatic rings. The van der Waals surface area contributed by atoms with Gasteiger partial charge in [0.25, 0.3) is 0 Å². The van der Waals surface area contributed by atoms with Crippen molar-refractivity contribution in [2.45, 2.75) is 18.4 Å². The Morgan fingerprint density at radius 3 is 2.77 bits per heavy atom. The van der Waals surface area contributed by atoms with Gasteiger partial charge in [-0.25, -0.2) is 4.79 Å². The molecule has 22 heavy (non-hydrogen) atoms. The first-order chi connectivity index (χ1) is 10.3. The van der Waals surface area contributed by atoms with Crippen molar-refractivity contribution in [3.8, 4) is 0 Å². The van der Waals surface area contributed by atoms with E-state index in [1.165, 1.54) is 4.90 Å². The van der Waals surface area contributed by atoms with E-state index in [2.05, 4.69) is 14.5 Å². The minimum absolute atomic E-state index is 0.0390. The fraction of sp³-hybridized carbons (Fsp3) is 0.556. The highest BCUT2D eigenvalue weighted by atomic mass is 32.3. The zero-order valence-corrected chi connectivity index (χ0v) is 11.8. The minimum atomic E-state index is -4.86. The van der Waals surface area contributed by atoms with Crippen molar-refractivity contribution in [1.29, 1.82) is 0 Å². The average Bonchev–Trinajstić information content (AvgIpc) is 2.99. The second-order valence-electron chi connectivity index (χ2n) is 4.83. The number of carbonyl (C=O) groups excluding carboxylic acids is 2. The quantitative estimate of drug-likeness (QED) is 0.622. The van der Waals surface area contributed by atoms with Crippen LogP contribution in [0, 0.1) is 0 Å². The molecule has 0 unspecified atom stereocenters. The van der Waals surface area contributed by atoms with Crippen LogP contribution in [0.3, 0.4) is 0 Å². The molecule has 0 aliphatic carbocycles. The van der Waals surface area contributed by atoms with Gasteiger partial charge in [0, 0.05) is 13.1 Å². The van der Waals surface area contributed by atoms with Crippen LogP contribution in [0.2, 0.25) is 0 Å². The van der Waals surface area contributed by atoms with E-state index in [4.69, 9.17) is 14.7 Å². The molecule has 3 rings (SSSR count). The van der Waals surface area contributed by atoms with Crippen LogP contribution < -0.4 is 5.73 Å². The van der Waals surface area contributed by atoms with E-state index in [9.17, 15) is 18.0 Å². The number of nitrogens with two attached hydrogens (primary N) is 1. The molecule has 2 saturated heterocycles. The lowest BCUT2D eigenvalue weighted by atomic mass is 9.93. The van der Waals surface area contributed by atoms with Crippen LogP contribution in [0.25, 0.3) is 0 Å². The normalized spacial score (nSPS) is 24.9. The highest BCUT2D eigenvalue weighted by Crippen LogP contribution is 2.36. The summed E-state index contributed by atoms with van der Waals surface area (Å²) >= 11 is 0. The number of rotatable bonds is 4. The molecule has 2 fully saturated rings. The van der Waals surface area contributed by atoms with Crippen LogP contribution in [0.1, 0.15) is 28.9 Å². The SMILES string of the molecule is NC(=O)c1nnc([C@@H]2CCN3C[C@@H]2N(OS(=O)(=O)O)C3=O)o1. The fourth-order valence-electron chi connectivity index (χ4n) is 2.58. The number of urea groups is 1. The van der Waals surface area contributed by atoms with E-state index < -0.39 is 34.3 Å². The van der Waals surface area contributed by atoms with Crippen molar-refractivity contribution in [3.05, 3.63) is 11.8 Å². The monoisotopic (exact) mass is 333 g/mol. The molecule has 13 heteroatoms. The summed E-state index contributed by atoms with van der Waals surface area (Å²) < 4.78 is 40.0. The van der Waals surface area contributed by atoms with Crippen LogP contribution in [0.4, 0.5) is 4.79 Å². The summed E-state index contributed by atoms with van der Waals surface area (Å²) in [6.45, 7) is 0.465. The summed E-state index contributed by atoms with van der Waals surface area (Å²) in [5.41, 5.74) is 5.02. The molecule has 120 valence electrons. The van der Waals surface area contributed by atoms with E-state index in [0.29, 0.717) is 18.0 Å². The number of hydroxylamine groups is 2. The summed E-state index contributed by atoms with van der Waals surface area (Å²) in [6, 6.07) is -1.45. The third-order valence-electron chi connectivity index (χ3n) is 3.49. The lowest BCUT2D eigenvalue weighted by molar-refractivity contribution is -0.0393. The van der Waals surface area contributed by atoms with Crippen LogP contribution in [-0.2, 0) is 14.7 Å². The Morgan fingerprint density at radius 1 is 1.45 bits per heavy atom. The predicted molar refractivity (Wildman–Crippen MR) is 65.4 cm³/mol. The average molecular weight is 333 g/mol. The van der Waals surface area contributed by atoms with Crippen LogP contribution >= 0.6 is 0 Å². The Bertz CT molecular complexity index is 730. The molecule has 12 nitrogen and oxygen atoms in total. The Hall–Kier alpha value is -2.25. The van der Waals surface area contributed by atoms with Gasteiger partial charge in [-0.1, -0.05) is 0 Å². The number of piperidine rings is 1. The molecular formula is C9H11N5O7S. The van der Waals surface area contributed by atoms with Gasteiger partial charge in [0.15, 0.2) is 0 Å². The van der Waals surface area contributed by atoms with Crippen molar-refractivity contribution < 1.29 is 31.3 Å². The lowest BCUT2D eigenvalue weighted by Crippen LogP contribution is -2.39. The van der Waals surface area contributed by atoms with E-state index in [1.54, 1.807) is 0 Å². The number of hydrogen-bond donors (Lipinski definition) is 2. The molecule has 1 aromatic heterocycles. The molecular weight excluding hydrogens is 322 g/mol. The van der Waals surface area contributed by atoms with Crippen molar-refractivity contribution in [1.82, 2.24) is 20.2 Å². The number of amides is 3. The maximum atomic E-state index is 12.0. The van der Waals surface area contributed by atoms with Gasteiger partial charge in [-0.05, 0) is 6.42 Å². The summed E-state index contributed by atoms with van der Waals surface area (Å²) in [7, 11) is -4.86. The van der Waals surface area contributed by atoms with E-state index in [-0.39, 0.29) is 18.3 Å². The first kappa shape index (κ1) is 14.7. The van der Waals surface area contributed by atoms with E-state index in [1.807, 2.05) is 0 Å². The van der Waals surface area contributed by atoms with Crippen molar-refractivity contribution in [2.24, 2.45) is 5.73 Å². The molecule has 2 aliphatic heterocycles. The number of aromatic nitrogens is 2. The molecule has 3 heterocycles. The number of nitrogens with zero attached hydrogens (tertiary/aromatic N) is 4. The van der Waals surface area contributed by atoms with Crippen molar-refractivity contribution in [3.63, 3.8) is 0 Å². The number of primary amides is 1. The minimum Gasteiger partial charge on any atom is -0.417 e. The Labute approximate surface area is 123 Å². The molecule has 2 bridgehead atoms. The topological polar surface area (TPSA) is 169 Å². The smallest absolute Gasteiger partial charge is 0.417 e. The molecule has 0 aromatic carbocycles. The highest BCUT2D eigenvalue weighted by molar-refractivity contribution is 7.80. The molecule has 2 atom stereocenters. The number of carbonyl (C=O) groups is 2. The first-order valence-corrected chi connectivity index (χ1v) is 7.51. The summed E-state index contributed by atoms with van der Waals surface area (Å²) in [5.74, 6) is -1.80. The van der Waals surface area contributed by atoms with Crippen LogP contribution in [0.5, 0.6) is 0 Å². The number of fused-ring (bicyclic) bond motifs is 2. The van der Waals surface area contributed by atoms with Gasteiger partial charge in [-0.15, -0.1) is 14.5 Å². The fourth-order valence-corrected chi connectivity index (χ4v) is 2.96. The molecule has 3 amide bonds. The molecule has 0 spiro atoms. The van der Waals surface area contributed by atoms with Gasteiger partial charge in [-0.3, -0.25) is 9.35 Å². The van der Waals surface area contributed by atoms with Crippen LogP contribution in [-0.4, -0.2) is 64.2 Å². The van der Waals surface area contributed by atoms with Gasteiger partial charge in [0.2, 0.25) is 5.89 Å². The Morgan fingerprint density at radius 2 is 2.18 bits per heavy atom. The second kappa shape index (κ2) is 4.89. The molecule has 0 radical (unpaired) electrons. The zero-order valence-electron chi connectivity index (χ0n) is 10.9. The second-order valence-corrected chi connectivity index (χ2v) is 5.83. The summed E-state index contributed by atoms with van der Waals surface area (Å²) in [5, 5.41) is 7.72. The zero-order chi connectivity index (χ0) is 16.1. The van der Waals surface area contributed by atoms with Gasteiger partial charge in [0.05, 0.1) is 12.0 Å². The first-order valence-electron chi connectivity index (χ1n) is 6.14. The summed E-state index contributed by atoms with van der Waals surface area (Å²) in [6.07, 6.45) is 0.391. The van der Waals surface area contributed by atoms with Crippen LogP contribution in [0.15, 0.2) is 4.42 Å². The molecule has 3 N–H and O–H groups in total. The largest absolute Gasteiger partial charge is 0.418 e. The standard InChI is InChI=1S/C9H11N5O7S/c10-6(15)8-12-11-7(20-8)4-1-2-13-3-5(4)14(9(13)16)21-22(17,18)19/h4-5H,1-3H2,(H2,10,15)(H,17,18,19)/t4-,5+/m1/s1. The van der Waals surface area contributed by atoms with Gasteiger partial charge < -0.3 is 15.1 Å². The molecule has 0 saturated carbocycles. The van der Waals surface area contributed by atoms with E-state index >= 15 is 0 Å². The third-order valence-corrected chi connectivity index (χ3v) is 3.83. The van der Waals surface area contributed by atoms with Gasteiger partial charge in [0.1, 0.15) is 0 Å². The molecule has 1 aromatic rings. The lowest BCUT2D eigenvalue weighted by Gasteiger charge is -2.27. The maximum Gasteiger partial charge on any atom is 0.418 e. The van der Waals surface area contributed by atoms with Crippen molar-refractivity contribution >= 4 is 22.3 Å². The maximum absolute atomic E-state index is 12.0. The Balaban J connectivity index is 1.89. The highest BCUT2D eigenvalue weighted by Gasteiger charge is 2.50. The predicted octanol–water partition coefficient (Wildman–Crippen LogP) is -1.50. The van der Waals surface area contributed by atoms with Gasteiger partial charge >= 0.3 is 28.2 Å². The third kappa shape index (κ3) is 2.49. The Kier molecular flexibility index (Phi) is 3.26. The van der Waals surface area contributed by atoms with Gasteiger partial charge in [-0.2, -0.15) is 13.5 Å². The number of hydrogen-bond acceptors (Lipinski definition) is 8. The summed E-state index contributed by atoms with van der Waals surface area (Å²) in [4.78, 5) is 24.3.